The van der Waals surface area contributed by atoms with Crippen molar-refractivity contribution in [1.29, 1.82) is 0 Å². The minimum Gasteiger partial charge on any atom is -0.319 e. The summed E-state index contributed by atoms with van der Waals surface area (Å²) in [7, 11) is 0. The zero-order valence-electron chi connectivity index (χ0n) is 8.71. The van der Waals surface area contributed by atoms with Gasteiger partial charge in [-0.3, -0.25) is 10.1 Å². The van der Waals surface area contributed by atoms with Crippen molar-refractivity contribution in [2.24, 2.45) is 0 Å². The van der Waals surface area contributed by atoms with Crippen LogP contribution in [0.2, 0.25) is 5.02 Å². The van der Waals surface area contributed by atoms with Crippen molar-refractivity contribution >= 4 is 23.5 Å². The van der Waals surface area contributed by atoms with Crippen molar-refractivity contribution in [2.45, 2.75) is 18.9 Å². The van der Waals surface area contributed by atoms with Gasteiger partial charge in [-0.2, -0.15) is 0 Å². The zero-order chi connectivity index (χ0) is 11.8. The number of rotatable bonds is 2. The van der Waals surface area contributed by atoms with Crippen LogP contribution < -0.4 is 10.6 Å². The van der Waals surface area contributed by atoms with Crippen LogP contribution in [0.5, 0.6) is 0 Å². The number of carbonyl (C=O) groups excluding carboxylic acids is 2. The molecule has 3 amide bonds. The standard InChI is InChI=1S/C11H11ClN2O2/c1-2-11(9(15)13-10(16)14-11)7-3-5-8(12)6-4-7/h3-6H,2H2,1H3,(H2,13,14,15,16). The molecule has 1 aromatic rings. The minimum absolute atomic E-state index is 0.317. The molecule has 5 heteroatoms. The van der Waals surface area contributed by atoms with Crippen LogP contribution in [-0.4, -0.2) is 11.9 Å². The lowest BCUT2D eigenvalue weighted by Crippen LogP contribution is -2.43. The second-order valence-electron chi connectivity index (χ2n) is 3.67. The topological polar surface area (TPSA) is 58.2 Å². The maximum Gasteiger partial charge on any atom is 0.322 e. The second kappa shape index (κ2) is 3.79. The lowest BCUT2D eigenvalue weighted by Gasteiger charge is -2.24. The molecule has 1 heterocycles. The van der Waals surface area contributed by atoms with Crippen LogP contribution in [0.3, 0.4) is 0 Å². The molecule has 1 saturated heterocycles. The number of hydrogen-bond acceptors (Lipinski definition) is 2. The van der Waals surface area contributed by atoms with E-state index in [-0.39, 0.29) is 5.91 Å². The minimum atomic E-state index is -0.957. The van der Waals surface area contributed by atoms with Crippen LogP contribution in [0, 0.1) is 0 Å². The van der Waals surface area contributed by atoms with Crippen LogP contribution in [0.1, 0.15) is 18.9 Å². The summed E-state index contributed by atoms with van der Waals surface area (Å²) in [5.74, 6) is -0.317. The molecule has 0 radical (unpaired) electrons. The first-order chi connectivity index (χ1) is 7.58. The third-order valence-corrected chi connectivity index (χ3v) is 3.06. The van der Waals surface area contributed by atoms with E-state index in [2.05, 4.69) is 10.6 Å². The Morgan fingerprint density at radius 2 is 1.88 bits per heavy atom. The van der Waals surface area contributed by atoms with E-state index in [0.29, 0.717) is 11.4 Å². The normalized spacial score (nSPS) is 24.1. The highest BCUT2D eigenvalue weighted by molar-refractivity contribution is 6.30. The molecule has 0 aliphatic carbocycles. The van der Waals surface area contributed by atoms with Gasteiger partial charge in [0.2, 0.25) is 0 Å². The Balaban J connectivity index is 2.46. The summed E-state index contributed by atoms with van der Waals surface area (Å²) in [5, 5.41) is 5.51. The molecule has 1 aliphatic heterocycles. The highest BCUT2D eigenvalue weighted by Gasteiger charge is 2.45. The van der Waals surface area contributed by atoms with Gasteiger partial charge in [0.05, 0.1) is 0 Å². The fourth-order valence-electron chi connectivity index (χ4n) is 1.88. The Morgan fingerprint density at radius 3 is 2.31 bits per heavy atom. The van der Waals surface area contributed by atoms with Gasteiger partial charge < -0.3 is 5.32 Å². The van der Waals surface area contributed by atoms with Crippen LogP contribution in [0.15, 0.2) is 24.3 Å². The number of nitrogens with one attached hydrogen (secondary N) is 2. The highest BCUT2D eigenvalue weighted by Crippen LogP contribution is 2.29. The van der Waals surface area contributed by atoms with E-state index >= 15 is 0 Å². The van der Waals surface area contributed by atoms with Crippen molar-refractivity contribution < 1.29 is 9.59 Å². The molecule has 1 fully saturated rings. The molecule has 84 valence electrons. The molecule has 1 aliphatic rings. The molecule has 1 unspecified atom stereocenters. The predicted molar refractivity (Wildman–Crippen MR) is 60.1 cm³/mol. The molecular weight excluding hydrogens is 228 g/mol. The van der Waals surface area contributed by atoms with Gasteiger partial charge in [0.1, 0.15) is 5.54 Å². The Labute approximate surface area is 98.0 Å². The molecule has 0 saturated carbocycles. The Morgan fingerprint density at radius 1 is 1.25 bits per heavy atom. The van der Waals surface area contributed by atoms with Gasteiger partial charge in [0, 0.05) is 5.02 Å². The summed E-state index contributed by atoms with van der Waals surface area (Å²) >= 11 is 5.78. The number of benzene rings is 1. The molecule has 1 aromatic carbocycles. The number of imide groups is 1. The van der Waals surface area contributed by atoms with Gasteiger partial charge in [-0.05, 0) is 24.1 Å². The van der Waals surface area contributed by atoms with Crippen molar-refractivity contribution in [3.63, 3.8) is 0 Å². The van der Waals surface area contributed by atoms with E-state index in [1.807, 2.05) is 6.92 Å². The van der Waals surface area contributed by atoms with Gasteiger partial charge in [-0.15, -0.1) is 0 Å². The van der Waals surface area contributed by atoms with Gasteiger partial charge in [-0.25, -0.2) is 4.79 Å². The lowest BCUT2D eigenvalue weighted by atomic mass is 9.87. The number of halogens is 1. The van der Waals surface area contributed by atoms with Crippen LogP contribution >= 0.6 is 11.6 Å². The molecule has 4 nitrogen and oxygen atoms in total. The molecule has 0 spiro atoms. The number of urea groups is 1. The maximum absolute atomic E-state index is 11.8. The maximum atomic E-state index is 11.8. The fourth-order valence-corrected chi connectivity index (χ4v) is 2.01. The van der Waals surface area contributed by atoms with E-state index in [4.69, 9.17) is 11.6 Å². The number of amides is 3. The lowest BCUT2D eigenvalue weighted by molar-refractivity contribution is -0.124. The molecule has 0 aromatic heterocycles. The Bertz CT molecular complexity index is 444. The van der Waals surface area contributed by atoms with Crippen molar-refractivity contribution in [1.82, 2.24) is 10.6 Å². The van der Waals surface area contributed by atoms with E-state index in [1.165, 1.54) is 0 Å². The SMILES string of the molecule is CCC1(c2ccc(Cl)cc2)NC(=O)NC1=O. The van der Waals surface area contributed by atoms with Crippen molar-refractivity contribution in [2.75, 3.05) is 0 Å². The third kappa shape index (κ3) is 1.55. The summed E-state index contributed by atoms with van der Waals surface area (Å²) in [4.78, 5) is 23.0. The number of carbonyl (C=O) groups is 2. The molecule has 2 N–H and O–H groups in total. The molecule has 16 heavy (non-hydrogen) atoms. The average molecular weight is 239 g/mol. The van der Waals surface area contributed by atoms with Gasteiger partial charge in [0.25, 0.3) is 5.91 Å². The molecule has 1 atom stereocenters. The quantitative estimate of drug-likeness (QED) is 0.772. The largest absolute Gasteiger partial charge is 0.322 e. The summed E-state index contributed by atoms with van der Waals surface area (Å²) in [6, 6.07) is 6.44. The monoisotopic (exact) mass is 238 g/mol. The summed E-state index contributed by atoms with van der Waals surface area (Å²) in [5.41, 5.74) is -0.218. The molecule has 0 bridgehead atoms. The summed E-state index contributed by atoms with van der Waals surface area (Å²) in [6.07, 6.45) is 0.492. The first-order valence-electron chi connectivity index (χ1n) is 4.98. The Hall–Kier alpha value is -1.55. The second-order valence-corrected chi connectivity index (χ2v) is 4.11. The first-order valence-corrected chi connectivity index (χ1v) is 5.36. The van der Waals surface area contributed by atoms with E-state index < -0.39 is 11.6 Å². The number of hydrogen-bond donors (Lipinski definition) is 2. The fraction of sp³-hybridized carbons (Fsp3) is 0.273. The third-order valence-electron chi connectivity index (χ3n) is 2.81. The van der Waals surface area contributed by atoms with Crippen molar-refractivity contribution in [3.05, 3.63) is 34.9 Å². The zero-order valence-corrected chi connectivity index (χ0v) is 9.47. The average Bonchev–Trinajstić information content (AvgIpc) is 2.55. The predicted octanol–water partition coefficient (Wildman–Crippen LogP) is 1.78. The van der Waals surface area contributed by atoms with Crippen molar-refractivity contribution in [3.8, 4) is 0 Å². The van der Waals surface area contributed by atoms with Crippen LogP contribution in [0.25, 0.3) is 0 Å². The van der Waals surface area contributed by atoms with E-state index in [1.54, 1.807) is 24.3 Å². The van der Waals surface area contributed by atoms with E-state index in [9.17, 15) is 9.59 Å². The van der Waals surface area contributed by atoms with Gasteiger partial charge in [-0.1, -0.05) is 30.7 Å². The van der Waals surface area contributed by atoms with Crippen LogP contribution in [0.4, 0.5) is 4.79 Å². The molecule has 2 rings (SSSR count). The van der Waals surface area contributed by atoms with E-state index in [0.717, 1.165) is 5.56 Å². The smallest absolute Gasteiger partial charge is 0.319 e. The Kier molecular flexibility index (Phi) is 2.59. The first kappa shape index (κ1) is 11.0. The van der Waals surface area contributed by atoms with Crippen LogP contribution in [-0.2, 0) is 10.3 Å². The van der Waals surface area contributed by atoms with Gasteiger partial charge in [0.15, 0.2) is 0 Å². The molecular formula is C11H11ClN2O2. The highest BCUT2D eigenvalue weighted by atomic mass is 35.5. The summed E-state index contributed by atoms with van der Waals surface area (Å²) < 4.78 is 0. The summed E-state index contributed by atoms with van der Waals surface area (Å²) in [6.45, 7) is 1.85. The van der Waals surface area contributed by atoms with Gasteiger partial charge >= 0.3 is 6.03 Å².